The molecule has 0 aliphatic heterocycles. The number of ether oxygens (including phenoxy) is 3. The van der Waals surface area contributed by atoms with Gasteiger partial charge in [-0.3, -0.25) is 0 Å². The van der Waals surface area contributed by atoms with Crippen LogP contribution in [0.5, 0.6) is 0 Å². The number of hydrogen-bond acceptors (Lipinski definition) is 4. The molecule has 4 heteroatoms. The van der Waals surface area contributed by atoms with Crippen LogP contribution in [-0.4, -0.2) is 51.9 Å². The van der Waals surface area contributed by atoms with Gasteiger partial charge in [0.25, 0.3) is 0 Å². The fourth-order valence-corrected chi connectivity index (χ4v) is 0.387. The van der Waals surface area contributed by atoms with Crippen LogP contribution >= 0.6 is 0 Å². The van der Waals surface area contributed by atoms with E-state index < -0.39 is 0 Å². The van der Waals surface area contributed by atoms with Gasteiger partial charge in [0.15, 0.2) is 0 Å². The maximum Gasteiger partial charge on any atom is 0.0701 e. The molecule has 0 fully saturated rings. The largest absolute Gasteiger partial charge is 0.394 e. The molecular formula is C10H26O4. The van der Waals surface area contributed by atoms with Crippen molar-refractivity contribution in [3.05, 3.63) is 0 Å². The number of hydrogen-bond donors (Lipinski definition) is 1. The summed E-state index contributed by atoms with van der Waals surface area (Å²) in [6, 6.07) is 0. The smallest absolute Gasteiger partial charge is 0.0701 e. The second-order valence-corrected chi connectivity index (χ2v) is 2.69. The Morgan fingerprint density at radius 2 is 1.21 bits per heavy atom. The van der Waals surface area contributed by atoms with Crippen LogP contribution in [0.1, 0.15) is 21.3 Å². The van der Waals surface area contributed by atoms with Gasteiger partial charge in [-0.1, -0.05) is 7.43 Å². The van der Waals surface area contributed by atoms with Crippen molar-refractivity contribution in [2.75, 3.05) is 40.6 Å². The Morgan fingerprint density at radius 1 is 0.929 bits per heavy atom. The molecule has 0 bridgehead atoms. The number of rotatable bonds is 6. The Kier molecular flexibility index (Phi) is 25.8. The van der Waals surface area contributed by atoms with Crippen LogP contribution in [0.2, 0.25) is 0 Å². The van der Waals surface area contributed by atoms with Crippen molar-refractivity contribution in [2.45, 2.75) is 27.4 Å². The van der Waals surface area contributed by atoms with E-state index in [4.69, 9.17) is 19.3 Å². The lowest BCUT2D eigenvalue weighted by Gasteiger charge is -2.00. The molecule has 1 N–H and O–H groups in total. The molecule has 0 heterocycles. The highest BCUT2D eigenvalue weighted by Crippen LogP contribution is 1.75. The Bertz CT molecular complexity index is 67.8. The molecule has 0 aromatic carbocycles. The molecule has 0 amide bonds. The van der Waals surface area contributed by atoms with Crippen LogP contribution < -0.4 is 0 Å². The Labute approximate surface area is 88.2 Å². The van der Waals surface area contributed by atoms with Crippen LogP contribution in [0, 0.1) is 0 Å². The molecule has 14 heavy (non-hydrogen) atoms. The highest BCUT2D eigenvalue weighted by atomic mass is 16.5. The van der Waals surface area contributed by atoms with E-state index in [0.717, 1.165) is 0 Å². The molecule has 0 saturated carbocycles. The van der Waals surface area contributed by atoms with Gasteiger partial charge in [-0.15, -0.1) is 0 Å². The minimum absolute atomic E-state index is 0. The Morgan fingerprint density at radius 3 is 1.43 bits per heavy atom. The number of methoxy groups -OCH3 is 2. The van der Waals surface area contributed by atoms with E-state index >= 15 is 0 Å². The average molecular weight is 210 g/mol. The molecule has 0 aromatic rings. The first-order valence-electron chi connectivity index (χ1n) is 4.38. The molecule has 0 aromatic heterocycles. The molecule has 0 radical (unpaired) electrons. The minimum atomic E-state index is -0.167. The summed E-state index contributed by atoms with van der Waals surface area (Å²) in [5, 5.41) is 8.06. The SMILES string of the molecule is C.CC(C)O.COCCOCCOC. The maximum atomic E-state index is 8.06. The van der Waals surface area contributed by atoms with E-state index in [1.807, 2.05) is 0 Å². The summed E-state index contributed by atoms with van der Waals surface area (Å²) in [4.78, 5) is 0. The summed E-state index contributed by atoms with van der Waals surface area (Å²) >= 11 is 0. The molecule has 0 atom stereocenters. The van der Waals surface area contributed by atoms with Gasteiger partial charge >= 0.3 is 0 Å². The van der Waals surface area contributed by atoms with Crippen molar-refractivity contribution in [2.24, 2.45) is 0 Å². The standard InChI is InChI=1S/C6H14O3.C3H8O.CH4/c1-7-3-5-9-6-4-8-2;1-3(2)4;/h3-6H2,1-2H3;3-4H,1-2H3;1H4. The summed E-state index contributed by atoms with van der Waals surface area (Å²) in [7, 11) is 3.30. The first kappa shape index (κ1) is 19.4. The van der Waals surface area contributed by atoms with Crippen LogP contribution in [-0.2, 0) is 14.2 Å². The van der Waals surface area contributed by atoms with Gasteiger partial charge in [-0.25, -0.2) is 0 Å². The normalized spacial score (nSPS) is 9.00. The van der Waals surface area contributed by atoms with Gasteiger partial charge in [0.05, 0.1) is 26.4 Å². The maximum absolute atomic E-state index is 8.06. The lowest BCUT2D eigenvalue weighted by molar-refractivity contribution is 0.0385. The third-order valence-electron chi connectivity index (χ3n) is 0.864. The summed E-state index contributed by atoms with van der Waals surface area (Å²) in [6.45, 7) is 6.06. The van der Waals surface area contributed by atoms with Crippen molar-refractivity contribution in [1.82, 2.24) is 0 Å². The van der Waals surface area contributed by atoms with E-state index in [-0.39, 0.29) is 13.5 Å². The summed E-state index contributed by atoms with van der Waals surface area (Å²) in [5.74, 6) is 0. The number of aliphatic hydroxyl groups excluding tert-OH is 1. The Hall–Kier alpha value is -0.160. The van der Waals surface area contributed by atoms with E-state index in [1.165, 1.54) is 0 Å². The lowest BCUT2D eigenvalue weighted by Crippen LogP contribution is -2.06. The molecular weight excluding hydrogens is 184 g/mol. The van der Waals surface area contributed by atoms with Gasteiger partial charge in [0.1, 0.15) is 0 Å². The molecule has 0 spiro atoms. The third kappa shape index (κ3) is 40.8. The van der Waals surface area contributed by atoms with Crippen molar-refractivity contribution < 1.29 is 19.3 Å². The molecule has 0 aliphatic rings. The molecule has 0 saturated heterocycles. The fourth-order valence-electron chi connectivity index (χ4n) is 0.387. The second kappa shape index (κ2) is 18.6. The van der Waals surface area contributed by atoms with Crippen LogP contribution in [0.25, 0.3) is 0 Å². The van der Waals surface area contributed by atoms with Crippen molar-refractivity contribution in [1.29, 1.82) is 0 Å². The van der Waals surface area contributed by atoms with Crippen LogP contribution in [0.4, 0.5) is 0 Å². The summed E-state index contributed by atoms with van der Waals surface area (Å²) in [5.41, 5.74) is 0. The van der Waals surface area contributed by atoms with E-state index in [2.05, 4.69) is 0 Å². The van der Waals surface area contributed by atoms with E-state index in [0.29, 0.717) is 26.4 Å². The minimum Gasteiger partial charge on any atom is -0.394 e. The van der Waals surface area contributed by atoms with E-state index in [9.17, 15) is 0 Å². The zero-order valence-corrected chi connectivity index (χ0v) is 9.08. The van der Waals surface area contributed by atoms with E-state index in [1.54, 1.807) is 28.1 Å². The summed E-state index contributed by atoms with van der Waals surface area (Å²) < 4.78 is 14.6. The highest BCUT2D eigenvalue weighted by Gasteiger charge is 1.84. The van der Waals surface area contributed by atoms with Crippen molar-refractivity contribution >= 4 is 0 Å². The highest BCUT2D eigenvalue weighted by molar-refractivity contribution is 4.28. The zero-order valence-electron chi connectivity index (χ0n) is 9.08. The number of aliphatic hydroxyl groups is 1. The summed E-state index contributed by atoms with van der Waals surface area (Å²) in [6.07, 6.45) is -0.167. The molecule has 0 rings (SSSR count). The lowest BCUT2D eigenvalue weighted by atomic mass is 10.5. The van der Waals surface area contributed by atoms with Gasteiger partial charge in [-0.05, 0) is 13.8 Å². The predicted molar refractivity (Wildman–Crippen MR) is 58.7 cm³/mol. The zero-order chi connectivity index (χ0) is 10.5. The molecule has 90 valence electrons. The average Bonchev–Trinajstić information content (AvgIpc) is 2.03. The molecule has 4 nitrogen and oxygen atoms in total. The second-order valence-electron chi connectivity index (χ2n) is 2.69. The monoisotopic (exact) mass is 210 g/mol. The van der Waals surface area contributed by atoms with Gasteiger partial charge in [0.2, 0.25) is 0 Å². The van der Waals surface area contributed by atoms with Gasteiger partial charge in [-0.2, -0.15) is 0 Å². The van der Waals surface area contributed by atoms with Gasteiger partial charge in [0, 0.05) is 20.3 Å². The Balaban J connectivity index is -0.000000209. The molecule has 0 unspecified atom stereocenters. The van der Waals surface area contributed by atoms with Gasteiger partial charge < -0.3 is 19.3 Å². The third-order valence-corrected chi connectivity index (χ3v) is 0.864. The fraction of sp³-hybridized carbons (Fsp3) is 1.00. The van der Waals surface area contributed by atoms with Crippen LogP contribution in [0.15, 0.2) is 0 Å². The first-order chi connectivity index (χ1) is 6.15. The quantitative estimate of drug-likeness (QED) is 0.672. The topological polar surface area (TPSA) is 47.9 Å². The predicted octanol–water partition coefficient (Wildman–Crippen LogP) is 1.32. The first-order valence-corrected chi connectivity index (χ1v) is 4.38. The van der Waals surface area contributed by atoms with Crippen LogP contribution in [0.3, 0.4) is 0 Å². The molecule has 0 aliphatic carbocycles. The van der Waals surface area contributed by atoms with Crippen molar-refractivity contribution in [3.8, 4) is 0 Å². The van der Waals surface area contributed by atoms with Crippen molar-refractivity contribution in [3.63, 3.8) is 0 Å².